The highest BCUT2D eigenvalue weighted by molar-refractivity contribution is 5.82. The number of hydrogen-bond acceptors (Lipinski definition) is 4. The molecule has 0 radical (unpaired) electrons. The minimum atomic E-state index is -0.337. The summed E-state index contributed by atoms with van der Waals surface area (Å²) < 4.78 is 5.52. The second-order valence-electron chi connectivity index (χ2n) is 4.65. The highest BCUT2D eigenvalue weighted by atomic mass is 16.3. The molecular weight excluding hydrogens is 238 g/mol. The van der Waals surface area contributed by atoms with Crippen molar-refractivity contribution in [1.82, 2.24) is 4.98 Å². The largest absolute Gasteiger partial charge is 0.464 e. The summed E-state index contributed by atoms with van der Waals surface area (Å²) in [5, 5.41) is 1.01. The molecule has 2 aromatic heterocycles. The van der Waals surface area contributed by atoms with E-state index in [1.165, 1.54) is 0 Å². The number of nitrogens with zero attached hydrogens (tertiary/aromatic N) is 1. The Morgan fingerprint density at radius 2 is 2.00 bits per heavy atom. The van der Waals surface area contributed by atoms with Gasteiger partial charge in [0.1, 0.15) is 11.4 Å². The van der Waals surface area contributed by atoms with Crippen molar-refractivity contribution < 1.29 is 4.42 Å². The molecule has 1 aromatic carbocycles. The number of nitrogen functional groups attached to an aromatic ring is 1. The van der Waals surface area contributed by atoms with Gasteiger partial charge in [-0.1, -0.05) is 18.2 Å². The van der Waals surface area contributed by atoms with Gasteiger partial charge in [0.15, 0.2) is 0 Å². The van der Waals surface area contributed by atoms with Crippen molar-refractivity contribution in [2.24, 2.45) is 5.73 Å². The minimum Gasteiger partial charge on any atom is -0.464 e. The third-order valence-electron chi connectivity index (χ3n) is 3.27. The lowest BCUT2D eigenvalue weighted by molar-refractivity contribution is 0.607. The van der Waals surface area contributed by atoms with E-state index in [0.29, 0.717) is 5.82 Å². The van der Waals surface area contributed by atoms with E-state index in [4.69, 9.17) is 15.9 Å². The van der Waals surface area contributed by atoms with Gasteiger partial charge in [0, 0.05) is 22.7 Å². The molecule has 4 N–H and O–H groups in total. The van der Waals surface area contributed by atoms with Crippen LogP contribution in [0.15, 0.2) is 47.2 Å². The van der Waals surface area contributed by atoms with Crippen LogP contribution >= 0.6 is 0 Å². The predicted molar refractivity (Wildman–Crippen MR) is 75.6 cm³/mol. The molecule has 4 nitrogen and oxygen atoms in total. The smallest absolute Gasteiger partial charge is 0.134 e. The molecule has 0 aliphatic carbocycles. The van der Waals surface area contributed by atoms with Crippen molar-refractivity contribution in [3.63, 3.8) is 0 Å². The molecule has 2 heterocycles. The second-order valence-corrected chi connectivity index (χ2v) is 4.65. The number of para-hydroxylation sites is 1. The van der Waals surface area contributed by atoms with Crippen LogP contribution in [0.4, 0.5) is 5.82 Å². The minimum absolute atomic E-state index is 0.337. The van der Waals surface area contributed by atoms with Gasteiger partial charge in [-0.25, -0.2) is 4.98 Å². The lowest BCUT2D eigenvalue weighted by atomic mass is 9.98. The Bertz CT molecular complexity index is 733. The van der Waals surface area contributed by atoms with Crippen LogP contribution in [0.1, 0.15) is 22.7 Å². The first kappa shape index (κ1) is 11.7. The number of rotatable bonds is 2. The van der Waals surface area contributed by atoms with E-state index in [9.17, 15) is 0 Å². The van der Waals surface area contributed by atoms with Gasteiger partial charge in [-0.2, -0.15) is 0 Å². The summed E-state index contributed by atoms with van der Waals surface area (Å²) >= 11 is 0. The number of nitrogens with two attached hydrogens (primary N) is 2. The van der Waals surface area contributed by atoms with Crippen molar-refractivity contribution in [3.05, 3.63) is 59.5 Å². The number of furan rings is 1. The molecule has 0 bridgehead atoms. The zero-order valence-electron chi connectivity index (χ0n) is 10.6. The van der Waals surface area contributed by atoms with Gasteiger partial charge in [0.25, 0.3) is 0 Å². The predicted octanol–water partition coefficient (Wildman–Crippen LogP) is 2.77. The summed E-state index contributed by atoms with van der Waals surface area (Å²) in [6.07, 6.45) is 3.43. The fourth-order valence-electron chi connectivity index (χ4n) is 2.26. The Hall–Kier alpha value is -2.33. The van der Waals surface area contributed by atoms with Gasteiger partial charge in [0.2, 0.25) is 0 Å². The number of anilines is 1. The molecule has 0 fully saturated rings. The molecule has 0 amide bonds. The van der Waals surface area contributed by atoms with E-state index < -0.39 is 0 Å². The maximum atomic E-state index is 6.32. The standard InChI is InChI=1S/C15H15N3O/c1-9-6-11(15(17)18-7-9)14(16)12-8-19-13-5-3-2-4-10(12)13/h2-8,14H,16H2,1H3,(H2,17,18). The van der Waals surface area contributed by atoms with E-state index in [0.717, 1.165) is 27.7 Å². The Morgan fingerprint density at radius 3 is 2.84 bits per heavy atom. The maximum Gasteiger partial charge on any atom is 0.134 e. The lowest BCUT2D eigenvalue weighted by Crippen LogP contribution is -2.14. The average Bonchev–Trinajstić information content (AvgIpc) is 2.84. The summed E-state index contributed by atoms with van der Waals surface area (Å²) in [5.74, 6) is 0.461. The first-order valence-electron chi connectivity index (χ1n) is 6.10. The fraction of sp³-hybridized carbons (Fsp3) is 0.133. The molecule has 96 valence electrons. The van der Waals surface area contributed by atoms with Gasteiger partial charge in [-0.15, -0.1) is 0 Å². The van der Waals surface area contributed by atoms with E-state index in [1.807, 2.05) is 37.3 Å². The number of pyridine rings is 1. The van der Waals surface area contributed by atoms with Crippen molar-refractivity contribution in [2.45, 2.75) is 13.0 Å². The van der Waals surface area contributed by atoms with E-state index in [2.05, 4.69) is 4.98 Å². The summed E-state index contributed by atoms with van der Waals surface area (Å²) in [6.45, 7) is 1.97. The van der Waals surface area contributed by atoms with Gasteiger partial charge in [0.05, 0.1) is 12.3 Å². The highest BCUT2D eigenvalue weighted by Gasteiger charge is 2.17. The summed E-state index contributed by atoms with van der Waals surface area (Å²) in [5.41, 5.74) is 15.8. The molecule has 1 atom stereocenters. The van der Waals surface area contributed by atoms with Gasteiger partial charge >= 0.3 is 0 Å². The molecule has 0 saturated carbocycles. The van der Waals surface area contributed by atoms with Crippen LogP contribution in [0, 0.1) is 6.92 Å². The van der Waals surface area contributed by atoms with E-state index in [-0.39, 0.29) is 6.04 Å². The first-order chi connectivity index (χ1) is 9.16. The quantitative estimate of drug-likeness (QED) is 0.736. The normalized spacial score (nSPS) is 12.7. The zero-order chi connectivity index (χ0) is 13.4. The molecule has 4 heteroatoms. The van der Waals surface area contributed by atoms with Crippen LogP contribution in [0.3, 0.4) is 0 Å². The number of aryl methyl sites for hydroxylation is 1. The molecule has 0 saturated heterocycles. The van der Waals surface area contributed by atoms with Crippen molar-refractivity contribution in [3.8, 4) is 0 Å². The van der Waals surface area contributed by atoms with Crippen LogP contribution in [0.25, 0.3) is 11.0 Å². The summed E-state index contributed by atoms with van der Waals surface area (Å²) in [7, 11) is 0. The number of aromatic nitrogens is 1. The third-order valence-corrected chi connectivity index (χ3v) is 3.27. The molecule has 1 unspecified atom stereocenters. The third kappa shape index (κ3) is 1.96. The molecule has 0 aliphatic heterocycles. The van der Waals surface area contributed by atoms with Gasteiger partial charge in [-0.3, -0.25) is 0 Å². The highest BCUT2D eigenvalue weighted by Crippen LogP contribution is 2.30. The molecule has 0 aliphatic rings. The summed E-state index contributed by atoms with van der Waals surface area (Å²) in [6, 6.07) is 9.44. The first-order valence-corrected chi connectivity index (χ1v) is 6.10. The Kier molecular flexibility index (Phi) is 2.72. The van der Waals surface area contributed by atoms with Crippen molar-refractivity contribution >= 4 is 16.8 Å². The second kappa shape index (κ2) is 4.40. The monoisotopic (exact) mass is 253 g/mol. The number of hydrogen-bond donors (Lipinski definition) is 2. The number of fused-ring (bicyclic) bond motifs is 1. The van der Waals surface area contributed by atoms with E-state index >= 15 is 0 Å². The average molecular weight is 253 g/mol. The Labute approximate surface area is 111 Å². The van der Waals surface area contributed by atoms with Crippen molar-refractivity contribution in [1.29, 1.82) is 0 Å². The van der Waals surface area contributed by atoms with Crippen LogP contribution < -0.4 is 11.5 Å². The Morgan fingerprint density at radius 1 is 1.21 bits per heavy atom. The van der Waals surface area contributed by atoms with Crippen LogP contribution in [0.2, 0.25) is 0 Å². The molecule has 0 spiro atoms. The molecule has 19 heavy (non-hydrogen) atoms. The maximum absolute atomic E-state index is 6.32. The lowest BCUT2D eigenvalue weighted by Gasteiger charge is -2.13. The molecule has 3 aromatic rings. The molecular formula is C15H15N3O. The van der Waals surface area contributed by atoms with Crippen LogP contribution in [0.5, 0.6) is 0 Å². The topological polar surface area (TPSA) is 78.1 Å². The number of benzene rings is 1. The Balaban J connectivity index is 2.13. The SMILES string of the molecule is Cc1cnc(N)c(C(N)c2coc3ccccc23)c1. The zero-order valence-corrected chi connectivity index (χ0v) is 10.6. The fourth-order valence-corrected chi connectivity index (χ4v) is 2.26. The summed E-state index contributed by atoms with van der Waals surface area (Å²) in [4.78, 5) is 4.16. The van der Waals surface area contributed by atoms with Crippen LogP contribution in [-0.4, -0.2) is 4.98 Å². The van der Waals surface area contributed by atoms with Crippen LogP contribution in [-0.2, 0) is 0 Å². The van der Waals surface area contributed by atoms with Gasteiger partial charge < -0.3 is 15.9 Å². The van der Waals surface area contributed by atoms with Gasteiger partial charge in [-0.05, 0) is 24.6 Å². The van der Waals surface area contributed by atoms with E-state index in [1.54, 1.807) is 12.5 Å². The molecule has 3 rings (SSSR count). The van der Waals surface area contributed by atoms with Crippen molar-refractivity contribution in [2.75, 3.05) is 5.73 Å².